The lowest BCUT2D eigenvalue weighted by Crippen LogP contribution is -2.63. The summed E-state index contributed by atoms with van der Waals surface area (Å²) in [6.45, 7) is 1.49. The van der Waals surface area contributed by atoms with Crippen molar-refractivity contribution >= 4 is 28.5 Å². The zero-order valence-electron chi connectivity index (χ0n) is 22.0. The first-order valence-corrected chi connectivity index (χ1v) is 13.2. The summed E-state index contributed by atoms with van der Waals surface area (Å²) in [5.41, 5.74) is 0.428. The van der Waals surface area contributed by atoms with E-state index in [1.165, 1.54) is 4.80 Å². The number of pyridine rings is 1. The lowest BCUT2D eigenvalue weighted by atomic mass is 9.87. The molecule has 206 valence electrons. The van der Waals surface area contributed by atoms with E-state index in [1.54, 1.807) is 18.3 Å². The minimum Gasteiger partial charge on any atom is -0.354 e. The van der Waals surface area contributed by atoms with Crippen LogP contribution < -0.4 is 21.3 Å². The van der Waals surface area contributed by atoms with Crippen LogP contribution in [0.2, 0.25) is 0 Å². The molecule has 0 aliphatic carbocycles. The van der Waals surface area contributed by atoms with Gasteiger partial charge >= 0.3 is 0 Å². The van der Waals surface area contributed by atoms with Crippen LogP contribution in [0.25, 0.3) is 22.3 Å². The molecular formula is C28H31N9O3. The normalized spacial score (nSPS) is 14.4. The molecule has 1 aliphatic heterocycles. The lowest BCUT2D eigenvalue weighted by Gasteiger charge is -2.36. The van der Waals surface area contributed by atoms with Crippen molar-refractivity contribution in [1.29, 1.82) is 0 Å². The van der Waals surface area contributed by atoms with E-state index >= 15 is 0 Å². The Morgan fingerprint density at radius 2 is 1.68 bits per heavy atom. The topological polar surface area (TPSA) is 156 Å². The number of hydrogen-bond acceptors (Lipinski definition) is 8. The van der Waals surface area contributed by atoms with Gasteiger partial charge in [0.1, 0.15) is 17.8 Å². The molecule has 0 bridgehead atoms. The highest BCUT2D eigenvalue weighted by atomic mass is 16.2. The van der Waals surface area contributed by atoms with E-state index in [9.17, 15) is 14.4 Å². The van der Waals surface area contributed by atoms with Crippen molar-refractivity contribution in [2.75, 3.05) is 26.2 Å². The number of fused-ring (bicyclic) bond motifs is 1. The van der Waals surface area contributed by atoms with Crippen LogP contribution in [0.15, 0.2) is 66.9 Å². The number of carbonyl (C=O) groups excluding carboxylic acids is 3. The number of tetrazole rings is 1. The maximum absolute atomic E-state index is 13.3. The average Bonchev–Trinajstić information content (AvgIpc) is 3.44. The summed E-state index contributed by atoms with van der Waals surface area (Å²) >= 11 is 0. The molecule has 0 saturated carbocycles. The van der Waals surface area contributed by atoms with Crippen LogP contribution in [0.1, 0.15) is 18.4 Å². The van der Waals surface area contributed by atoms with E-state index in [2.05, 4.69) is 41.7 Å². The molecule has 0 unspecified atom stereocenters. The van der Waals surface area contributed by atoms with Gasteiger partial charge in [-0.15, -0.1) is 10.2 Å². The van der Waals surface area contributed by atoms with Crippen LogP contribution >= 0.6 is 0 Å². The van der Waals surface area contributed by atoms with Gasteiger partial charge in [-0.05, 0) is 59.6 Å². The lowest BCUT2D eigenvalue weighted by molar-refractivity contribution is -0.135. The van der Waals surface area contributed by atoms with Gasteiger partial charge in [-0.3, -0.25) is 19.4 Å². The SMILES string of the molecule is O=C(Cc1cccc2ccccc12)NCCNC(=O)C1(NC(=O)Cn2nnc(-c3ccccn3)n2)CCNCC1. The first kappa shape index (κ1) is 26.9. The highest BCUT2D eigenvalue weighted by Gasteiger charge is 2.40. The monoisotopic (exact) mass is 541 g/mol. The summed E-state index contributed by atoms with van der Waals surface area (Å²) in [4.78, 5) is 44.1. The van der Waals surface area contributed by atoms with Crippen molar-refractivity contribution < 1.29 is 14.4 Å². The molecule has 1 aliphatic rings. The number of benzene rings is 2. The molecule has 3 amide bonds. The fraction of sp³-hybridized carbons (Fsp3) is 0.321. The van der Waals surface area contributed by atoms with Gasteiger partial charge in [0.25, 0.3) is 0 Å². The Labute approximate surface area is 230 Å². The highest BCUT2D eigenvalue weighted by molar-refractivity contribution is 5.92. The molecule has 12 nitrogen and oxygen atoms in total. The molecule has 12 heteroatoms. The predicted octanol–water partition coefficient (Wildman–Crippen LogP) is 0.602. The van der Waals surface area contributed by atoms with Gasteiger partial charge in [-0.25, -0.2) is 0 Å². The molecule has 1 saturated heterocycles. The van der Waals surface area contributed by atoms with Crippen molar-refractivity contribution in [1.82, 2.24) is 46.5 Å². The molecule has 0 radical (unpaired) electrons. The third-order valence-electron chi connectivity index (χ3n) is 6.87. The zero-order chi connectivity index (χ0) is 27.8. The second kappa shape index (κ2) is 12.4. The Hall–Kier alpha value is -4.71. The molecule has 0 spiro atoms. The van der Waals surface area contributed by atoms with Crippen LogP contribution in [0, 0.1) is 0 Å². The van der Waals surface area contributed by atoms with Gasteiger partial charge in [-0.2, -0.15) is 4.80 Å². The highest BCUT2D eigenvalue weighted by Crippen LogP contribution is 2.20. The number of nitrogens with zero attached hydrogens (tertiary/aromatic N) is 5. The first-order chi connectivity index (χ1) is 19.5. The smallest absolute Gasteiger partial charge is 0.245 e. The Balaban J connectivity index is 1.12. The number of piperidine rings is 1. The average molecular weight is 542 g/mol. The standard InChI is InChI=1S/C28H31N9O3/c38-24(18-21-8-5-7-20-6-1-2-9-22(20)21)31-16-17-32-27(40)28(11-14-29-15-12-28)33-25(39)19-37-35-26(34-36-37)23-10-3-4-13-30-23/h1-10,13,29H,11-12,14-19H2,(H,31,38)(H,32,40)(H,33,39). The number of rotatable bonds is 10. The van der Waals surface area contributed by atoms with Gasteiger partial charge < -0.3 is 21.3 Å². The van der Waals surface area contributed by atoms with Crippen LogP contribution in [0.5, 0.6) is 0 Å². The summed E-state index contributed by atoms with van der Waals surface area (Å²) in [5.74, 6) is -0.497. The third-order valence-corrected chi connectivity index (χ3v) is 6.87. The van der Waals surface area contributed by atoms with E-state index in [0.717, 1.165) is 16.3 Å². The van der Waals surface area contributed by atoms with Crippen molar-refractivity contribution in [2.24, 2.45) is 0 Å². The number of amides is 3. The van der Waals surface area contributed by atoms with Crippen molar-refractivity contribution in [3.8, 4) is 11.5 Å². The molecule has 40 heavy (non-hydrogen) atoms. The van der Waals surface area contributed by atoms with Crippen LogP contribution in [-0.2, 0) is 27.3 Å². The summed E-state index contributed by atoms with van der Waals surface area (Å²) in [5, 5.41) is 26.1. The quantitative estimate of drug-likeness (QED) is 0.213. The molecule has 5 rings (SSSR count). The number of aromatic nitrogens is 5. The van der Waals surface area contributed by atoms with Crippen LogP contribution in [0.3, 0.4) is 0 Å². The van der Waals surface area contributed by atoms with Gasteiger partial charge in [-0.1, -0.05) is 48.5 Å². The van der Waals surface area contributed by atoms with Crippen molar-refractivity contribution in [2.45, 2.75) is 31.3 Å². The van der Waals surface area contributed by atoms with Crippen molar-refractivity contribution in [3.63, 3.8) is 0 Å². The summed E-state index contributed by atoms with van der Waals surface area (Å²) < 4.78 is 0. The van der Waals surface area contributed by atoms with E-state index in [1.807, 2.05) is 48.5 Å². The number of carbonyl (C=O) groups is 3. The zero-order valence-corrected chi connectivity index (χ0v) is 22.0. The Kier molecular flexibility index (Phi) is 8.35. The van der Waals surface area contributed by atoms with Crippen molar-refractivity contribution in [3.05, 3.63) is 72.4 Å². The maximum Gasteiger partial charge on any atom is 0.245 e. The van der Waals surface area contributed by atoms with Gasteiger partial charge in [0.2, 0.25) is 23.5 Å². The Morgan fingerprint density at radius 3 is 2.50 bits per heavy atom. The first-order valence-electron chi connectivity index (χ1n) is 13.2. The fourth-order valence-corrected chi connectivity index (χ4v) is 4.83. The second-order valence-corrected chi connectivity index (χ2v) is 9.66. The number of hydrogen-bond donors (Lipinski definition) is 4. The van der Waals surface area contributed by atoms with E-state index in [-0.39, 0.29) is 37.9 Å². The molecule has 3 heterocycles. The minimum absolute atomic E-state index is 0.124. The Bertz CT molecular complexity index is 1480. The molecule has 4 N–H and O–H groups in total. The molecule has 2 aromatic heterocycles. The van der Waals surface area contributed by atoms with E-state index in [4.69, 9.17) is 0 Å². The molecule has 0 atom stereocenters. The van der Waals surface area contributed by atoms with E-state index in [0.29, 0.717) is 37.4 Å². The molecule has 2 aromatic carbocycles. The molecular weight excluding hydrogens is 510 g/mol. The molecule has 1 fully saturated rings. The van der Waals surface area contributed by atoms with Crippen LogP contribution in [0.4, 0.5) is 0 Å². The van der Waals surface area contributed by atoms with Gasteiger partial charge in [0.05, 0.1) is 6.42 Å². The minimum atomic E-state index is -1.07. The maximum atomic E-state index is 13.3. The molecule has 4 aromatic rings. The summed E-state index contributed by atoms with van der Waals surface area (Å²) in [7, 11) is 0. The fourth-order valence-electron chi connectivity index (χ4n) is 4.83. The van der Waals surface area contributed by atoms with E-state index < -0.39 is 11.4 Å². The number of nitrogens with one attached hydrogen (secondary N) is 4. The van der Waals surface area contributed by atoms with Crippen LogP contribution in [-0.4, -0.2) is 74.6 Å². The summed E-state index contributed by atoms with van der Waals surface area (Å²) in [6, 6.07) is 19.2. The summed E-state index contributed by atoms with van der Waals surface area (Å²) in [6.07, 6.45) is 2.74. The van der Waals surface area contributed by atoms with Gasteiger partial charge in [0, 0.05) is 19.3 Å². The Morgan fingerprint density at radius 1 is 0.900 bits per heavy atom. The van der Waals surface area contributed by atoms with Gasteiger partial charge in [0.15, 0.2) is 0 Å². The third kappa shape index (κ3) is 6.46. The second-order valence-electron chi connectivity index (χ2n) is 9.66. The largest absolute Gasteiger partial charge is 0.354 e. The predicted molar refractivity (Wildman–Crippen MR) is 148 cm³/mol.